The van der Waals surface area contributed by atoms with Crippen molar-refractivity contribution in [1.29, 1.82) is 0 Å². The van der Waals surface area contributed by atoms with E-state index in [2.05, 4.69) is 15.0 Å². The van der Waals surface area contributed by atoms with Gasteiger partial charge in [-0.1, -0.05) is 11.6 Å². The highest BCUT2D eigenvalue weighted by molar-refractivity contribution is 7.99. The topological polar surface area (TPSA) is 64.7 Å². The van der Waals surface area contributed by atoms with Crippen molar-refractivity contribution in [2.24, 2.45) is 5.73 Å². The van der Waals surface area contributed by atoms with Gasteiger partial charge >= 0.3 is 0 Å². The SMILES string of the molecule is NCc1ccnc(Sc2ncccc2Cl)n1. The second kappa shape index (κ2) is 5.25. The summed E-state index contributed by atoms with van der Waals surface area (Å²) in [6.07, 6.45) is 3.36. The lowest BCUT2D eigenvalue weighted by Crippen LogP contribution is -2.00. The van der Waals surface area contributed by atoms with Gasteiger partial charge in [0.05, 0.1) is 10.7 Å². The third-order valence-corrected chi connectivity index (χ3v) is 3.13. The second-order valence-electron chi connectivity index (χ2n) is 2.93. The van der Waals surface area contributed by atoms with Crippen LogP contribution in [0.15, 0.2) is 40.8 Å². The Kier molecular flexibility index (Phi) is 3.71. The van der Waals surface area contributed by atoms with E-state index in [4.69, 9.17) is 17.3 Å². The van der Waals surface area contributed by atoms with Gasteiger partial charge in [0.15, 0.2) is 5.16 Å². The Morgan fingerprint density at radius 2 is 2.12 bits per heavy atom. The molecule has 0 saturated carbocycles. The number of nitrogens with two attached hydrogens (primary N) is 1. The number of hydrogen-bond acceptors (Lipinski definition) is 5. The molecule has 0 saturated heterocycles. The molecule has 2 N–H and O–H groups in total. The van der Waals surface area contributed by atoms with Gasteiger partial charge in [-0.2, -0.15) is 0 Å². The van der Waals surface area contributed by atoms with E-state index in [9.17, 15) is 0 Å². The molecule has 4 nitrogen and oxygen atoms in total. The number of pyridine rings is 1. The molecule has 6 heteroatoms. The van der Waals surface area contributed by atoms with Crippen molar-refractivity contribution < 1.29 is 0 Å². The predicted octanol–water partition coefficient (Wildman–Crippen LogP) is 2.13. The van der Waals surface area contributed by atoms with E-state index in [1.807, 2.05) is 0 Å². The van der Waals surface area contributed by atoms with Crippen LogP contribution in [-0.2, 0) is 6.54 Å². The normalized spacial score (nSPS) is 10.4. The molecule has 0 spiro atoms. The summed E-state index contributed by atoms with van der Waals surface area (Å²) in [6.45, 7) is 0.395. The molecular formula is C10H9ClN4S. The quantitative estimate of drug-likeness (QED) is 0.848. The highest BCUT2D eigenvalue weighted by atomic mass is 35.5. The smallest absolute Gasteiger partial charge is 0.194 e. The molecule has 2 heterocycles. The van der Waals surface area contributed by atoms with Crippen LogP contribution in [0.3, 0.4) is 0 Å². The minimum Gasteiger partial charge on any atom is -0.325 e. The third-order valence-electron chi connectivity index (χ3n) is 1.81. The first-order valence-electron chi connectivity index (χ1n) is 4.60. The van der Waals surface area contributed by atoms with E-state index in [1.54, 1.807) is 30.6 Å². The van der Waals surface area contributed by atoms with E-state index in [1.165, 1.54) is 11.8 Å². The summed E-state index contributed by atoms with van der Waals surface area (Å²) < 4.78 is 0. The average Bonchev–Trinajstić information content (AvgIpc) is 2.32. The first-order chi connectivity index (χ1) is 7.79. The summed E-state index contributed by atoms with van der Waals surface area (Å²) in [6, 6.07) is 5.34. The van der Waals surface area contributed by atoms with Gasteiger partial charge in [-0.3, -0.25) is 0 Å². The zero-order valence-electron chi connectivity index (χ0n) is 8.30. The lowest BCUT2D eigenvalue weighted by atomic mass is 10.4. The second-order valence-corrected chi connectivity index (χ2v) is 4.29. The molecule has 0 radical (unpaired) electrons. The summed E-state index contributed by atoms with van der Waals surface area (Å²) >= 11 is 7.31. The van der Waals surface area contributed by atoms with Crippen LogP contribution < -0.4 is 5.73 Å². The fourth-order valence-corrected chi connectivity index (χ4v) is 2.04. The van der Waals surface area contributed by atoms with Gasteiger partial charge in [0.1, 0.15) is 5.03 Å². The molecular weight excluding hydrogens is 244 g/mol. The number of nitrogens with zero attached hydrogens (tertiary/aromatic N) is 3. The Morgan fingerprint density at radius 3 is 2.88 bits per heavy atom. The first kappa shape index (κ1) is 11.3. The third kappa shape index (κ3) is 2.69. The van der Waals surface area contributed by atoms with Crippen LogP contribution in [0.2, 0.25) is 5.02 Å². The Hall–Kier alpha value is -1.17. The van der Waals surface area contributed by atoms with Crippen molar-refractivity contribution in [2.45, 2.75) is 16.7 Å². The largest absolute Gasteiger partial charge is 0.325 e. The van der Waals surface area contributed by atoms with Crippen LogP contribution in [-0.4, -0.2) is 15.0 Å². The average molecular weight is 253 g/mol. The summed E-state index contributed by atoms with van der Waals surface area (Å²) in [5.41, 5.74) is 6.30. The van der Waals surface area contributed by atoms with Gasteiger partial charge in [-0.25, -0.2) is 15.0 Å². The first-order valence-corrected chi connectivity index (χ1v) is 5.79. The van der Waals surface area contributed by atoms with Gasteiger partial charge in [0.2, 0.25) is 0 Å². The Morgan fingerprint density at radius 1 is 1.25 bits per heavy atom. The van der Waals surface area contributed by atoms with Crippen LogP contribution in [0.1, 0.15) is 5.69 Å². The van der Waals surface area contributed by atoms with Gasteiger partial charge < -0.3 is 5.73 Å². The maximum Gasteiger partial charge on any atom is 0.194 e. The van der Waals surface area contributed by atoms with Crippen molar-refractivity contribution in [3.8, 4) is 0 Å². The molecule has 0 aliphatic carbocycles. The monoisotopic (exact) mass is 252 g/mol. The van der Waals surface area contributed by atoms with Crippen LogP contribution >= 0.6 is 23.4 Å². The molecule has 2 aromatic heterocycles. The minimum absolute atomic E-state index is 0.395. The van der Waals surface area contributed by atoms with Crippen molar-refractivity contribution in [1.82, 2.24) is 15.0 Å². The Bertz CT molecular complexity index is 492. The molecule has 82 valence electrons. The molecule has 0 aromatic carbocycles. The molecule has 0 atom stereocenters. The van der Waals surface area contributed by atoms with Crippen molar-refractivity contribution >= 4 is 23.4 Å². The van der Waals surface area contributed by atoms with E-state index in [-0.39, 0.29) is 0 Å². The maximum absolute atomic E-state index is 5.98. The summed E-state index contributed by atoms with van der Waals surface area (Å²) in [5.74, 6) is 0. The van der Waals surface area contributed by atoms with Crippen LogP contribution in [0, 0.1) is 0 Å². The molecule has 0 amide bonds. The van der Waals surface area contributed by atoms with E-state index < -0.39 is 0 Å². The zero-order valence-corrected chi connectivity index (χ0v) is 9.87. The lowest BCUT2D eigenvalue weighted by Gasteiger charge is -2.02. The van der Waals surface area contributed by atoms with Gasteiger partial charge in [-0.15, -0.1) is 0 Å². The molecule has 2 aromatic rings. The number of rotatable bonds is 3. The molecule has 0 aliphatic heterocycles. The van der Waals surface area contributed by atoms with E-state index in [0.29, 0.717) is 21.7 Å². The minimum atomic E-state index is 0.395. The van der Waals surface area contributed by atoms with Crippen LogP contribution in [0.5, 0.6) is 0 Å². The Balaban J connectivity index is 2.24. The molecule has 2 rings (SSSR count). The fraction of sp³-hybridized carbons (Fsp3) is 0.100. The predicted molar refractivity (Wildman–Crippen MR) is 63.3 cm³/mol. The van der Waals surface area contributed by atoms with Crippen molar-refractivity contribution in [3.05, 3.63) is 41.3 Å². The van der Waals surface area contributed by atoms with Gasteiger partial charge in [0, 0.05) is 18.9 Å². The summed E-state index contributed by atoms with van der Waals surface area (Å²) in [5, 5.41) is 1.89. The standard InChI is InChI=1S/C10H9ClN4S/c11-8-2-1-4-13-9(8)16-10-14-5-3-7(6-12)15-10/h1-5H,6,12H2. The lowest BCUT2D eigenvalue weighted by molar-refractivity contribution is 0.872. The Labute approximate surface area is 102 Å². The summed E-state index contributed by atoms with van der Waals surface area (Å²) in [7, 11) is 0. The fourth-order valence-electron chi connectivity index (χ4n) is 1.07. The van der Waals surface area contributed by atoms with E-state index in [0.717, 1.165) is 5.69 Å². The number of hydrogen-bond donors (Lipinski definition) is 1. The summed E-state index contributed by atoms with van der Waals surface area (Å²) in [4.78, 5) is 12.5. The molecule has 0 aliphatic rings. The van der Waals surface area contributed by atoms with Gasteiger partial charge in [0.25, 0.3) is 0 Å². The van der Waals surface area contributed by atoms with Gasteiger partial charge in [-0.05, 0) is 30.0 Å². The van der Waals surface area contributed by atoms with Crippen LogP contribution in [0.25, 0.3) is 0 Å². The molecule has 16 heavy (non-hydrogen) atoms. The number of aromatic nitrogens is 3. The maximum atomic E-state index is 5.98. The van der Waals surface area contributed by atoms with Crippen molar-refractivity contribution in [2.75, 3.05) is 0 Å². The van der Waals surface area contributed by atoms with Crippen molar-refractivity contribution in [3.63, 3.8) is 0 Å². The highest BCUT2D eigenvalue weighted by Gasteiger charge is 2.06. The van der Waals surface area contributed by atoms with Crippen LogP contribution in [0.4, 0.5) is 0 Å². The van der Waals surface area contributed by atoms with E-state index >= 15 is 0 Å². The highest BCUT2D eigenvalue weighted by Crippen LogP contribution is 2.28. The zero-order chi connectivity index (χ0) is 11.4. The number of halogens is 1. The molecule has 0 unspecified atom stereocenters. The molecule has 0 bridgehead atoms. The molecule has 0 fully saturated rings.